The van der Waals surface area contributed by atoms with Crippen molar-refractivity contribution in [2.45, 2.75) is 20.3 Å². The van der Waals surface area contributed by atoms with Crippen LogP contribution in [0.3, 0.4) is 0 Å². The molecule has 0 aromatic heterocycles. The lowest BCUT2D eigenvalue weighted by atomic mass is 9.98. The maximum atomic E-state index is 5.35. The average molecular weight is 220 g/mol. The van der Waals surface area contributed by atoms with E-state index in [0.717, 1.165) is 12.0 Å². The first-order valence-corrected chi connectivity index (χ1v) is 5.91. The van der Waals surface area contributed by atoms with Crippen LogP contribution < -0.4 is 0 Å². The highest BCUT2D eigenvalue weighted by Gasteiger charge is 2.01. The highest BCUT2D eigenvalue weighted by molar-refractivity contribution is 5.65. The predicted molar refractivity (Wildman–Crippen MR) is 73.9 cm³/mol. The van der Waals surface area contributed by atoms with Gasteiger partial charge in [0.2, 0.25) is 0 Å². The van der Waals surface area contributed by atoms with E-state index in [-0.39, 0.29) is 0 Å². The SMILES string of the molecule is C#Cc1ccc(-c2ccc(C)c(CC)c2)cc1. The Hall–Kier alpha value is -2.00. The molecule has 0 unspecified atom stereocenters. The summed E-state index contributed by atoms with van der Waals surface area (Å²) in [6, 6.07) is 14.8. The summed E-state index contributed by atoms with van der Waals surface area (Å²) in [7, 11) is 0. The van der Waals surface area contributed by atoms with Gasteiger partial charge in [0.25, 0.3) is 0 Å². The largest absolute Gasteiger partial charge is 0.115 e. The Morgan fingerprint density at radius 1 is 1.00 bits per heavy atom. The highest BCUT2D eigenvalue weighted by Crippen LogP contribution is 2.23. The second-order valence-electron chi connectivity index (χ2n) is 4.22. The van der Waals surface area contributed by atoms with Crippen LogP contribution >= 0.6 is 0 Å². The van der Waals surface area contributed by atoms with Crippen molar-refractivity contribution in [3.8, 4) is 23.5 Å². The fourth-order valence-electron chi connectivity index (χ4n) is 1.99. The summed E-state index contributed by atoms with van der Waals surface area (Å²) >= 11 is 0. The molecule has 0 heterocycles. The van der Waals surface area contributed by atoms with E-state index < -0.39 is 0 Å². The summed E-state index contributed by atoms with van der Waals surface area (Å²) in [5.41, 5.74) is 6.17. The number of terminal acetylenes is 1. The Morgan fingerprint density at radius 3 is 2.24 bits per heavy atom. The Kier molecular flexibility index (Phi) is 3.30. The van der Waals surface area contributed by atoms with Gasteiger partial charge >= 0.3 is 0 Å². The van der Waals surface area contributed by atoms with Crippen LogP contribution in [0.25, 0.3) is 11.1 Å². The van der Waals surface area contributed by atoms with E-state index in [9.17, 15) is 0 Å². The van der Waals surface area contributed by atoms with Gasteiger partial charge in [0.15, 0.2) is 0 Å². The van der Waals surface area contributed by atoms with Crippen LogP contribution in [0.15, 0.2) is 42.5 Å². The topological polar surface area (TPSA) is 0 Å². The van der Waals surface area contributed by atoms with E-state index >= 15 is 0 Å². The Labute approximate surface area is 103 Å². The van der Waals surface area contributed by atoms with Crippen LogP contribution in [0.4, 0.5) is 0 Å². The quantitative estimate of drug-likeness (QED) is 0.665. The zero-order valence-corrected chi connectivity index (χ0v) is 10.3. The maximum absolute atomic E-state index is 5.35. The van der Waals surface area contributed by atoms with E-state index in [4.69, 9.17) is 6.42 Å². The summed E-state index contributed by atoms with van der Waals surface area (Å²) < 4.78 is 0. The molecule has 0 spiro atoms. The smallest absolute Gasteiger partial charge is 0.0243 e. The molecule has 0 aliphatic rings. The first-order chi connectivity index (χ1) is 8.24. The fourth-order valence-corrected chi connectivity index (χ4v) is 1.99. The minimum absolute atomic E-state index is 0.927. The maximum Gasteiger partial charge on any atom is 0.0243 e. The molecule has 0 nitrogen and oxygen atoms in total. The molecule has 0 amide bonds. The monoisotopic (exact) mass is 220 g/mol. The van der Waals surface area contributed by atoms with Gasteiger partial charge in [-0.05, 0) is 47.7 Å². The number of hydrogen-bond acceptors (Lipinski definition) is 0. The van der Waals surface area contributed by atoms with Gasteiger partial charge in [-0.25, -0.2) is 0 Å². The summed E-state index contributed by atoms with van der Waals surface area (Å²) in [6.45, 7) is 4.34. The first-order valence-electron chi connectivity index (χ1n) is 5.91. The van der Waals surface area contributed by atoms with Gasteiger partial charge in [-0.1, -0.05) is 43.2 Å². The number of hydrogen-bond donors (Lipinski definition) is 0. The minimum atomic E-state index is 0.927. The average Bonchev–Trinajstić information content (AvgIpc) is 2.39. The van der Waals surface area contributed by atoms with E-state index in [1.54, 1.807) is 0 Å². The lowest BCUT2D eigenvalue weighted by Crippen LogP contribution is -1.88. The first kappa shape index (κ1) is 11.5. The van der Waals surface area contributed by atoms with Crippen molar-refractivity contribution in [3.63, 3.8) is 0 Å². The van der Waals surface area contributed by atoms with Crippen molar-refractivity contribution in [1.29, 1.82) is 0 Å². The van der Waals surface area contributed by atoms with Gasteiger partial charge in [-0.15, -0.1) is 6.42 Å². The highest BCUT2D eigenvalue weighted by atomic mass is 14.1. The number of rotatable bonds is 2. The molecule has 0 heteroatoms. The molecule has 0 saturated heterocycles. The van der Waals surface area contributed by atoms with Gasteiger partial charge in [-0.3, -0.25) is 0 Å². The van der Waals surface area contributed by atoms with E-state index in [1.165, 1.54) is 22.3 Å². The third-order valence-corrected chi connectivity index (χ3v) is 3.11. The zero-order chi connectivity index (χ0) is 12.3. The van der Waals surface area contributed by atoms with E-state index in [1.807, 2.05) is 12.1 Å². The van der Waals surface area contributed by atoms with Crippen molar-refractivity contribution in [2.24, 2.45) is 0 Å². The van der Waals surface area contributed by atoms with Crippen molar-refractivity contribution in [2.75, 3.05) is 0 Å². The second-order valence-corrected chi connectivity index (χ2v) is 4.22. The lowest BCUT2D eigenvalue weighted by Gasteiger charge is -2.07. The molecule has 84 valence electrons. The molecule has 0 N–H and O–H groups in total. The molecule has 0 radical (unpaired) electrons. The third kappa shape index (κ3) is 2.40. The van der Waals surface area contributed by atoms with Gasteiger partial charge in [-0.2, -0.15) is 0 Å². The molecule has 0 atom stereocenters. The van der Waals surface area contributed by atoms with Crippen LogP contribution in [0, 0.1) is 19.3 Å². The molecule has 2 rings (SSSR count). The molecule has 0 aliphatic heterocycles. The van der Waals surface area contributed by atoms with Crippen LogP contribution in [-0.4, -0.2) is 0 Å². The third-order valence-electron chi connectivity index (χ3n) is 3.11. The standard InChI is InChI=1S/C17H16/c1-4-14-7-10-16(11-8-14)17-9-6-13(3)15(5-2)12-17/h1,6-12H,5H2,2-3H3. The fraction of sp³-hybridized carbons (Fsp3) is 0.176. The van der Waals surface area contributed by atoms with Crippen molar-refractivity contribution >= 4 is 0 Å². The van der Waals surface area contributed by atoms with Crippen molar-refractivity contribution in [1.82, 2.24) is 0 Å². The summed E-state index contributed by atoms with van der Waals surface area (Å²) in [6.07, 6.45) is 6.43. The van der Waals surface area contributed by atoms with Crippen LogP contribution in [-0.2, 0) is 6.42 Å². The van der Waals surface area contributed by atoms with E-state index in [2.05, 4.69) is 50.1 Å². The zero-order valence-electron chi connectivity index (χ0n) is 10.3. The Balaban J connectivity index is 2.42. The molecule has 17 heavy (non-hydrogen) atoms. The molecule has 0 saturated carbocycles. The van der Waals surface area contributed by atoms with Crippen molar-refractivity contribution < 1.29 is 0 Å². The van der Waals surface area contributed by atoms with E-state index in [0.29, 0.717) is 0 Å². The molecule has 0 aliphatic carbocycles. The van der Waals surface area contributed by atoms with Gasteiger partial charge in [0.1, 0.15) is 0 Å². The summed E-state index contributed by atoms with van der Waals surface area (Å²) in [5, 5.41) is 0. The molecule has 0 fully saturated rings. The van der Waals surface area contributed by atoms with Gasteiger partial charge < -0.3 is 0 Å². The second kappa shape index (κ2) is 4.89. The summed E-state index contributed by atoms with van der Waals surface area (Å²) in [4.78, 5) is 0. The van der Waals surface area contributed by atoms with Gasteiger partial charge in [0.05, 0.1) is 0 Å². The van der Waals surface area contributed by atoms with Gasteiger partial charge in [0, 0.05) is 5.56 Å². The Morgan fingerprint density at radius 2 is 1.65 bits per heavy atom. The predicted octanol–water partition coefficient (Wildman–Crippen LogP) is 4.21. The normalized spacial score (nSPS) is 9.94. The molecule has 2 aromatic carbocycles. The number of benzene rings is 2. The number of aryl methyl sites for hydroxylation is 2. The Bertz CT molecular complexity index is 554. The molecule has 0 bridgehead atoms. The minimum Gasteiger partial charge on any atom is -0.115 e. The van der Waals surface area contributed by atoms with Crippen LogP contribution in [0.5, 0.6) is 0 Å². The molecule has 2 aromatic rings. The lowest BCUT2D eigenvalue weighted by molar-refractivity contribution is 1.11. The molecular weight excluding hydrogens is 204 g/mol. The van der Waals surface area contributed by atoms with Crippen LogP contribution in [0.2, 0.25) is 0 Å². The summed E-state index contributed by atoms with van der Waals surface area (Å²) in [5.74, 6) is 2.64. The van der Waals surface area contributed by atoms with Crippen LogP contribution in [0.1, 0.15) is 23.6 Å². The van der Waals surface area contributed by atoms with Crippen molar-refractivity contribution in [3.05, 3.63) is 59.2 Å². The molecular formula is C17H16.